The summed E-state index contributed by atoms with van der Waals surface area (Å²) in [7, 11) is 3.46. The molecule has 0 saturated heterocycles. The van der Waals surface area contributed by atoms with Crippen molar-refractivity contribution in [2.24, 2.45) is 0 Å². The van der Waals surface area contributed by atoms with Crippen molar-refractivity contribution < 1.29 is 4.79 Å². The van der Waals surface area contributed by atoms with Crippen LogP contribution < -0.4 is 5.32 Å². The lowest BCUT2D eigenvalue weighted by atomic mass is 10.4. The second-order valence-corrected chi connectivity index (χ2v) is 2.71. The number of rotatable bonds is 4. The third kappa shape index (κ3) is 2.83. The zero-order valence-corrected chi connectivity index (χ0v) is 7.74. The molecule has 2 N–H and O–H groups in total. The molecule has 1 aromatic rings. The lowest BCUT2D eigenvalue weighted by Crippen LogP contribution is -2.33. The minimum atomic E-state index is 0.0268. The number of carbonyl (C=O) groups is 1. The standard InChI is InChI=1S/C7H13N5O/c1-8-3-7(13)12(2)4-6-9-5-10-11-6/h5,8H,3-4H2,1-2H3,(H,9,10,11). The maximum Gasteiger partial charge on any atom is 0.236 e. The van der Waals surface area contributed by atoms with Crippen LogP contribution in [0.1, 0.15) is 5.82 Å². The van der Waals surface area contributed by atoms with Gasteiger partial charge in [0.05, 0.1) is 13.1 Å². The predicted molar refractivity (Wildman–Crippen MR) is 46.8 cm³/mol. The third-order valence-electron chi connectivity index (χ3n) is 1.61. The summed E-state index contributed by atoms with van der Waals surface area (Å²) >= 11 is 0. The van der Waals surface area contributed by atoms with Gasteiger partial charge in [0.25, 0.3) is 0 Å². The first-order valence-corrected chi connectivity index (χ1v) is 3.97. The molecule has 0 spiro atoms. The van der Waals surface area contributed by atoms with Crippen LogP contribution in [0.5, 0.6) is 0 Å². The Hall–Kier alpha value is -1.43. The van der Waals surface area contributed by atoms with E-state index < -0.39 is 0 Å². The van der Waals surface area contributed by atoms with Crippen LogP contribution in [0.3, 0.4) is 0 Å². The average molecular weight is 183 g/mol. The summed E-state index contributed by atoms with van der Waals surface area (Å²) in [5.74, 6) is 0.714. The van der Waals surface area contributed by atoms with Gasteiger partial charge in [0.15, 0.2) is 0 Å². The fourth-order valence-corrected chi connectivity index (χ4v) is 0.906. The van der Waals surface area contributed by atoms with Gasteiger partial charge in [0.2, 0.25) is 5.91 Å². The molecule has 1 rings (SSSR count). The smallest absolute Gasteiger partial charge is 0.236 e. The fraction of sp³-hybridized carbons (Fsp3) is 0.571. The number of amides is 1. The molecule has 0 aliphatic rings. The highest BCUT2D eigenvalue weighted by atomic mass is 16.2. The molecule has 0 bridgehead atoms. The highest BCUT2D eigenvalue weighted by molar-refractivity contribution is 5.77. The SMILES string of the molecule is CNCC(=O)N(C)Cc1ncn[nH]1. The van der Waals surface area contributed by atoms with Crippen molar-refractivity contribution in [3.05, 3.63) is 12.2 Å². The van der Waals surface area contributed by atoms with E-state index in [1.165, 1.54) is 6.33 Å². The van der Waals surface area contributed by atoms with Crippen molar-refractivity contribution in [3.8, 4) is 0 Å². The van der Waals surface area contributed by atoms with Crippen molar-refractivity contribution in [3.63, 3.8) is 0 Å². The lowest BCUT2D eigenvalue weighted by Gasteiger charge is -2.14. The molecule has 0 aliphatic carbocycles. The summed E-state index contributed by atoms with van der Waals surface area (Å²) < 4.78 is 0. The number of H-pyrrole nitrogens is 1. The van der Waals surface area contributed by atoms with Gasteiger partial charge in [0.1, 0.15) is 12.2 Å². The zero-order valence-electron chi connectivity index (χ0n) is 7.74. The summed E-state index contributed by atoms with van der Waals surface area (Å²) in [6, 6.07) is 0. The molecule has 1 aromatic heterocycles. The number of aromatic nitrogens is 3. The number of nitrogens with zero attached hydrogens (tertiary/aromatic N) is 3. The molecule has 0 radical (unpaired) electrons. The minimum absolute atomic E-state index is 0.0268. The van der Waals surface area contributed by atoms with Crippen LogP contribution in [0.15, 0.2) is 6.33 Å². The summed E-state index contributed by atoms with van der Waals surface area (Å²) in [5.41, 5.74) is 0. The van der Waals surface area contributed by atoms with E-state index in [1.54, 1.807) is 19.0 Å². The van der Waals surface area contributed by atoms with Crippen LogP contribution in [-0.4, -0.2) is 46.6 Å². The highest BCUT2D eigenvalue weighted by Gasteiger charge is 2.08. The second kappa shape index (κ2) is 4.56. The van der Waals surface area contributed by atoms with Gasteiger partial charge in [0, 0.05) is 7.05 Å². The molecule has 0 fully saturated rings. The van der Waals surface area contributed by atoms with Gasteiger partial charge in [-0.15, -0.1) is 0 Å². The van der Waals surface area contributed by atoms with Gasteiger partial charge < -0.3 is 10.2 Å². The van der Waals surface area contributed by atoms with Gasteiger partial charge in [-0.1, -0.05) is 0 Å². The number of likely N-dealkylation sites (N-methyl/N-ethyl adjacent to an activating group) is 2. The average Bonchev–Trinajstić information content (AvgIpc) is 2.57. The van der Waals surface area contributed by atoms with Crippen LogP contribution in [0, 0.1) is 0 Å². The van der Waals surface area contributed by atoms with E-state index in [4.69, 9.17) is 0 Å². The zero-order chi connectivity index (χ0) is 9.68. The molecule has 6 nitrogen and oxygen atoms in total. The molecule has 0 aliphatic heterocycles. The Morgan fingerprint density at radius 3 is 3.08 bits per heavy atom. The summed E-state index contributed by atoms with van der Waals surface area (Å²) in [6.07, 6.45) is 1.42. The summed E-state index contributed by atoms with van der Waals surface area (Å²) in [5, 5.41) is 9.17. The Morgan fingerprint density at radius 2 is 2.54 bits per heavy atom. The Labute approximate surface area is 76.3 Å². The van der Waals surface area contributed by atoms with E-state index >= 15 is 0 Å². The second-order valence-electron chi connectivity index (χ2n) is 2.71. The normalized spacial score (nSPS) is 10.0. The first-order chi connectivity index (χ1) is 6.24. The lowest BCUT2D eigenvalue weighted by molar-refractivity contribution is -0.129. The molecule has 0 unspecified atom stereocenters. The van der Waals surface area contributed by atoms with E-state index in [0.717, 1.165) is 0 Å². The monoisotopic (exact) mass is 183 g/mol. The molecule has 1 heterocycles. The topological polar surface area (TPSA) is 73.9 Å². The minimum Gasteiger partial charge on any atom is -0.337 e. The summed E-state index contributed by atoms with van der Waals surface area (Å²) in [4.78, 5) is 16.8. The maximum absolute atomic E-state index is 11.3. The largest absolute Gasteiger partial charge is 0.337 e. The van der Waals surface area contributed by atoms with E-state index in [-0.39, 0.29) is 5.91 Å². The van der Waals surface area contributed by atoms with Gasteiger partial charge >= 0.3 is 0 Å². The number of aromatic amines is 1. The Bertz CT molecular complexity index is 258. The molecule has 6 heteroatoms. The third-order valence-corrected chi connectivity index (χ3v) is 1.61. The molecular formula is C7H13N5O. The van der Waals surface area contributed by atoms with Crippen molar-refractivity contribution in [2.75, 3.05) is 20.6 Å². The molecule has 0 aromatic carbocycles. The molecule has 0 saturated carbocycles. The molecule has 0 atom stereocenters. The molecule has 1 amide bonds. The maximum atomic E-state index is 11.3. The Morgan fingerprint density at radius 1 is 1.77 bits per heavy atom. The van der Waals surface area contributed by atoms with Gasteiger partial charge in [-0.2, -0.15) is 5.10 Å². The van der Waals surface area contributed by atoms with Crippen molar-refractivity contribution >= 4 is 5.91 Å². The first-order valence-electron chi connectivity index (χ1n) is 3.97. The van der Waals surface area contributed by atoms with E-state index in [9.17, 15) is 4.79 Å². The van der Waals surface area contributed by atoms with Gasteiger partial charge in [-0.25, -0.2) is 4.98 Å². The van der Waals surface area contributed by atoms with Crippen LogP contribution >= 0.6 is 0 Å². The quantitative estimate of drug-likeness (QED) is 0.626. The van der Waals surface area contributed by atoms with E-state index in [1.807, 2.05) is 0 Å². The number of nitrogens with one attached hydrogen (secondary N) is 2. The van der Waals surface area contributed by atoms with Gasteiger partial charge in [-0.3, -0.25) is 9.89 Å². The number of carbonyl (C=O) groups excluding carboxylic acids is 1. The highest BCUT2D eigenvalue weighted by Crippen LogP contribution is 1.93. The fourth-order valence-electron chi connectivity index (χ4n) is 0.906. The number of hydrogen-bond acceptors (Lipinski definition) is 4. The molecular weight excluding hydrogens is 170 g/mol. The van der Waals surface area contributed by atoms with Crippen LogP contribution in [0.25, 0.3) is 0 Å². The summed E-state index contributed by atoms with van der Waals surface area (Å²) in [6.45, 7) is 0.797. The first kappa shape index (κ1) is 9.66. The van der Waals surface area contributed by atoms with E-state index in [2.05, 4.69) is 20.5 Å². The van der Waals surface area contributed by atoms with Crippen molar-refractivity contribution in [1.82, 2.24) is 25.4 Å². The Kier molecular flexibility index (Phi) is 3.39. The van der Waals surface area contributed by atoms with Crippen molar-refractivity contribution in [2.45, 2.75) is 6.54 Å². The molecule has 72 valence electrons. The van der Waals surface area contributed by atoms with Gasteiger partial charge in [-0.05, 0) is 7.05 Å². The van der Waals surface area contributed by atoms with Crippen LogP contribution in [0.2, 0.25) is 0 Å². The van der Waals surface area contributed by atoms with Crippen LogP contribution in [-0.2, 0) is 11.3 Å². The predicted octanol–water partition coefficient (Wildman–Crippen LogP) is -1.02. The van der Waals surface area contributed by atoms with E-state index in [0.29, 0.717) is 18.9 Å². The Balaban J connectivity index is 2.41. The molecule has 13 heavy (non-hydrogen) atoms. The number of hydrogen-bond donors (Lipinski definition) is 2. The van der Waals surface area contributed by atoms with Crippen LogP contribution in [0.4, 0.5) is 0 Å². The van der Waals surface area contributed by atoms with Crippen molar-refractivity contribution in [1.29, 1.82) is 0 Å².